The highest BCUT2D eigenvalue weighted by atomic mass is 19.1. The first-order valence-electron chi connectivity index (χ1n) is 5.84. The molecule has 0 spiro atoms. The Kier molecular flexibility index (Phi) is 3.51. The van der Waals surface area contributed by atoms with Crippen LogP contribution in [-0.2, 0) is 0 Å². The smallest absolute Gasteiger partial charge is 0.335 e. The minimum absolute atomic E-state index is 0.0662. The monoisotopic (exact) mass is 259 g/mol. The standard InChI is InChI=1S/C15H14FNO2/c1-9-5-10(2)7-12(6-9)17-14-4-3-11(15(18)19)8-13(14)16/h3-8,17H,1-2H3,(H,18,19). The number of benzene rings is 2. The third kappa shape index (κ3) is 3.10. The molecule has 0 unspecified atom stereocenters. The van der Waals surface area contributed by atoms with Crippen molar-refractivity contribution in [1.29, 1.82) is 0 Å². The molecule has 0 aromatic heterocycles. The maximum absolute atomic E-state index is 13.8. The average molecular weight is 259 g/mol. The van der Waals surface area contributed by atoms with Crippen LogP contribution in [0, 0.1) is 19.7 Å². The van der Waals surface area contributed by atoms with E-state index in [1.165, 1.54) is 12.1 Å². The van der Waals surface area contributed by atoms with Crippen LogP contribution in [-0.4, -0.2) is 11.1 Å². The number of aryl methyl sites for hydroxylation is 2. The number of rotatable bonds is 3. The number of aromatic carboxylic acids is 1. The van der Waals surface area contributed by atoms with Gasteiger partial charge in [0.05, 0.1) is 11.3 Å². The van der Waals surface area contributed by atoms with Crippen LogP contribution in [0.1, 0.15) is 21.5 Å². The van der Waals surface area contributed by atoms with Gasteiger partial charge >= 0.3 is 5.97 Å². The topological polar surface area (TPSA) is 49.3 Å². The summed E-state index contributed by atoms with van der Waals surface area (Å²) >= 11 is 0. The first-order valence-corrected chi connectivity index (χ1v) is 5.84. The fraction of sp³-hybridized carbons (Fsp3) is 0.133. The maximum atomic E-state index is 13.8. The van der Waals surface area contributed by atoms with Gasteiger partial charge in [0.2, 0.25) is 0 Å². The number of nitrogens with one attached hydrogen (secondary N) is 1. The Morgan fingerprint density at radius 2 is 1.74 bits per heavy atom. The van der Waals surface area contributed by atoms with E-state index in [1.807, 2.05) is 32.0 Å². The van der Waals surface area contributed by atoms with Crippen LogP contribution in [0.15, 0.2) is 36.4 Å². The molecular weight excluding hydrogens is 245 g/mol. The second-order valence-electron chi connectivity index (χ2n) is 4.50. The van der Waals surface area contributed by atoms with Crippen molar-refractivity contribution in [2.75, 3.05) is 5.32 Å². The molecule has 0 atom stereocenters. The zero-order chi connectivity index (χ0) is 14.0. The van der Waals surface area contributed by atoms with Crippen molar-refractivity contribution < 1.29 is 14.3 Å². The Labute approximate surface area is 110 Å². The normalized spacial score (nSPS) is 10.3. The van der Waals surface area contributed by atoms with Gasteiger partial charge in [-0.3, -0.25) is 0 Å². The summed E-state index contributed by atoms with van der Waals surface area (Å²) in [5.74, 6) is -1.73. The molecule has 0 bridgehead atoms. The van der Waals surface area contributed by atoms with Gasteiger partial charge in [-0.25, -0.2) is 9.18 Å². The van der Waals surface area contributed by atoms with Crippen molar-refractivity contribution in [3.8, 4) is 0 Å². The van der Waals surface area contributed by atoms with E-state index in [0.29, 0.717) is 0 Å². The van der Waals surface area contributed by atoms with Gasteiger partial charge in [0.1, 0.15) is 5.82 Å². The van der Waals surface area contributed by atoms with Gasteiger partial charge in [-0.1, -0.05) is 6.07 Å². The van der Waals surface area contributed by atoms with Gasteiger partial charge < -0.3 is 10.4 Å². The molecular formula is C15H14FNO2. The Morgan fingerprint density at radius 1 is 1.11 bits per heavy atom. The Morgan fingerprint density at radius 3 is 2.26 bits per heavy atom. The maximum Gasteiger partial charge on any atom is 0.335 e. The molecule has 2 N–H and O–H groups in total. The van der Waals surface area contributed by atoms with Crippen LogP contribution in [0.2, 0.25) is 0 Å². The van der Waals surface area contributed by atoms with Crippen LogP contribution < -0.4 is 5.32 Å². The molecule has 3 nitrogen and oxygen atoms in total. The van der Waals surface area contributed by atoms with Crippen molar-refractivity contribution >= 4 is 17.3 Å². The van der Waals surface area contributed by atoms with E-state index in [9.17, 15) is 9.18 Å². The summed E-state index contributed by atoms with van der Waals surface area (Å²) in [6.07, 6.45) is 0. The Hall–Kier alpha value is -2.36. The van der Waals surface area contributed by atoms with E-state index in [1.54, 1.807) is 0 Å². The molecule has 0 aliphatic heterocycles. The lowest BCUT2D eigenvalue weighted by Crippen LogP contribution is -2.00. The molecule has 0 radical (unpaired) electrons. The van der Waals surface area contributed by atoms with Crippen LogP contribution in [0.5, 0.6) is 0 Å². The number of anilines is 2. The summed E-state index contributed by atoms with van der Waals surface area (Å²) in [4.78, 5) is 10.7. The highest BCUT2D eigenvalue weighted by Gasteiger charge is 2.08. The van der Waals surface area contributed by atoms with Gasteiger partial charge in [0, 0.05) is 5.69 Å². The molecule has 0 saturated carbocycles. The molecule has 4 heteroatoms. The van der Waals surface area contributed by atoms with E-state index in [-0.39, 0.29) is 11.3 Å². The lowest BCUT2D eigenvalue weighted by atomic mass is 10.1. The van der Waals surface area contributed by atoms with Crippen molar-refractivity contribution in [3.05, 3.63) is 58.9 Å². The molecule has 0 amide bonds. The Balaban J connectivity index is 2.30. The molecule has 2 rings (SSSR count). The van der Waals surface area contributed by atoms with Crippen molar-refractivity contribution in [2.45, 2.75) is 13.8 Å². The third-order valence-electron chi connectivity index (χ3n) is 2.72. The second-order valence-corrected chi connectivity index (χ2v) is 4.50. The van der Waals surface area contributed by atoms with E-state index >= 15 is 0 Å². The van der Waals surface area contributed by atoms with Gasteiger partial charge in [-0.15, -0.1) is 0 Å². The van der Waals surface area contributed by atoms with Crippen LogP contribution in [0.4, 0.5) is 15.8 Å². The number of hydrogen-bond acceptors (Lipinski definition) is 2. The number of carbonyl (C=O) groups is 1. The minimum atomic E-state index is -1.14. The second kappa shape index (κ2) is 5.10. The van der Waals surface area contributed by atoms with E-state index < -0.39 is 11.8 Å². The zero-order valence-corrected chi connectivity index (χ0v) is 10.7. The molecule has 0 heterocycles. The van der Waals surface area contributed by atoms with Crippen LogP contribution >= 0.6 is 0 Å². The van der Waals surface area contributed by atoms with Gasteiger partial charge in [-0.05, 0) is 55.3 Å². The average Bonchev–Trinajstić information content (AvgIpc) is 2.30. The molecule has 0 saturated heterocycles. The fourth-order valence-corrected chi connectivity index (χ4v) is 1.95. The van der Waals surface area contributed by atoms with Crippen LogP contribution in [0.3, 0.4) is 0 Å². The molecule has 0 fully saturated rings. The largest absolute Gasteiger partial charge is 0.478 e. The first kappa shape index (κ1) is 13.1. The van der Waals surface area contributed by atoms with Crippen molar-refractivity contribution in [1.82, 2.24) is 0 Å². The molecule has 98 valence electrons. The molecule has 2 aromatic carbocycles. The summed E-state index contributed by atoms with van der Waals surface area (Å²) in [5.41, 5.74) is 3.12. The first-order chi connectivity index (χ1) is 8.95. The summed E-state index contributed by atoms with van der Waals surface area (Å²) in [5, 5.41) is 11.7. The number of hydrogen-bond donors (Lipinski definition) is 2. The zero-order valence-electron chi connectivity index (χ0n) is 10.7. The van der Waals surface area contributed by atoms with Gasteiger partial charge in [0.15, 0.2) is 0 Å². The lowest BCUT2D eigenvalue weighted by molar-refractivity contribution is 0.0696. The minimum Gasteiger partial charge on any atom is -0.478 e. The van der Waals surface area contributed by atoms with Gasteiger partial charge in [-0.2, -0.15) is 0 Å². The molecule has 2 aromatic rings. The van der Waals surface area contributed by atoms with Crippen molar-refractivity contribution in [3.63, 3.8) is 0 Å². The predicted octanol–water partition coefficient (Wildman–Crippen LogP) is 3.88. The quantitative estimate of drug-likeness (QED) is 0.879. The number of carboxylic acids is 1. The van der Waals surface area contributed by atoms with Gasteiger partial charge in [0.25, 0.3) is 0 Å². The lowest BCUT2D eigenvalue weighted by Gasteiger charge is -2.10. The highest BCUT2D eigenvalue weighted by molar-refractivity contribution is 5.88. The SMILES string of the molecule is Cc1cc(C)cc(Nc2ccc(C(=O)O)cc2F)c1. The molecule has 0 aliphatic rings. The summed E-state index contributed by atoms with van der Waals surface area (Å²) in [7, 11) is 0. The predicted molar refractivity (Wildman–Crippen MR) is 72.6 cm³/mol. The molecule has 0 aliphatic carbocycles. The summed E-state index contributed by atoms with van der Waals surface area (Å²) in [6.45, 7) is 3.92. The Bertz CT molecular complexity index is 618. The van der Waals surface area contributed by atoms with E-state index in [2.05, 4.69) is 5.32 Å². The fourth-order valence-electron chi connectivity index (χ4n) is 1.95. The third-order valence-corrected chi connectivity index (χ3v) is 2.72. The van der Waals surface area contributed by atoms with Crippen molar-refractivity contribution in [2.24, 2.45) is 0 Å². The highest BCUT2D eigenvalue weighted by Crippen LogP contribution is 2.22. The van der Waals surface area contributed by atoms with E-state index in [4.69, 9.17) is 5.11 Å². The van der Waals surface area contributed by atoms with E-state index in [0.717, 1.165) is 22.9 Å². The number of carboxylic acid groups (broad SMARTS) is 1. The summed E-state index contributed by atoms with van der Waals surface area (Å²) in [6, 6.07) is 9.63. The summed E-state index contributed by atoms with van der Waals surface area (Å²) < 4.78 is 13.8. The van der Waals surface area contributed by atoms with Crippen LogP contribution in [0.25, 0.3) is 0 Å². The molecule has 19 heavy (non-hydrogen) atoms. The number of halogens is 1.